The Morgan fingerprint density at radius 1 is 1.48 bits per heavy atom. The Hall–Kier alpha value is -1.79. The molecule has 0 spiro atoms. The first-order chi connectivity index (χ1) is 9.92. The van der Waals surface area contributed by atoms with E-state index in [1.165, 1.54) is 23.5 Å². The third kappa shape index (κ3) is 3.86. The summed E-state index contributed by atoms with van der Waals surface area (Å²) in [4.78, 5) is 16.5. The molecule has 0 saturated carbocycles. The molecule has 1 aromatic heterocycles. The number of halogens is 1. The Labute approximate surface area is 127 Å². The Morgan fingerprint density at radius 2 is 2.24 bits per heavy atom. The second kappa shape index (κ2) is 6.32. The number of carbonyl (C=O) groups excluding carboxylic acids is 1. The molecule has 112 valence electrons. The van der Waals surface area contributed by atoms with Crippen LogP contribution in [0.1, 0.15) is 34.9 Å². The van der Waals surface area contributed by atoms with Gasteiger partial charge in [-0.25, -0.2) is 9.37 Å². The Bertz CT molecular complexity index is 639. The predicted molar refractivity (Wildman–Crippen MR) is 81.8 cm³/mol. The molecule has 0 radical (unpaired) electrons. The van der Waals surface area contributed by atoms with Gasteiger partial charge in [-0.2, -0.15) is 0 Å². The first kappa shape index (κ1) is 15.6. The fourth-order valence-corrected chi connectivity index (χ4v) is 2.74. The molecule has 0 aliphatic heterocycles. The highest BCUT2D eigenvalue weighted by Crippen LogP contribution is 2.21. The van der Waals surface area contributed by atoms with E-state index in [1.807, 2.05) is 13.8 Å². The lowest BCUT2D eigenvalue weighted by Gasteiger charge is -2.26. The summed E-state index contributed by atoms with van der Waals surface area (Å²) >= 11 is 1.41. The standard InChI is InChI=1S/C15H18FN3OS/c1-15(2,10-4-3-5-11(16)8-10)19-14(20)12-9-21-13(18-12)6-7-17/h3-5,8-9H,6-7,17H2,1-2H3,(H,19,20). The molecule has 0 unspecified atom stereocenters. The van der Waals surface area contributed by atoms with Crippen molar-refractivity contribution in [3.05, 3.63) is 51.7 Å². The third-order valence-electron chi connectivity index (χ3n) is 3.11. The van der Waals surface area contributed by atoms with Crippen molar-refractivity contribution in [2.24, 2.45) is 5.73 Å². The van der Waals surface area contributed by atoms with Crippen molar-refractivity contribution in [3.63, 3.8) is 0 Å². The number of nitrogens with one attached hydrogen (secondary N) is 1. The summed E-state index contributed by atoms with van der Waals surface area (Å²) in [5.41, 5.74) is 5.86. The van der Waals surface area contributed by atoms with Crippen LogP contribution in [0, 0.1) is 5.82 Å². The van der Waals surface area contributed by atoms with E-state index in [0.29, 0.717) is 24.2 Å². The monoisotopic (exact) mass is 307 g/mol. The molecule has 0 aliphatic rings. The van der Waals surface area contributed by atoms with Crippen LogP contribution in [0.15, 0.2) is 29.6 Å². The number of amides is 1. The maximum absolute atomic E-state index is 13.3. The second-order valence-electron chi connectivity index (χ2n) is 5.25. The van der Waals surface area contributed by atoms with Crippen molar-refractivity contribution in [1.82, 2.24) is 10.3 Å². The molecule has 1 aromatic carbocycles. The van der Waals surface area contributed by atoms with Crippen LogP contribution in [0.2, 0.25) is 0 Å². The topological polar surface area (TPSA) is 68.0 Å². The van der Waals surface area contributed by atoms with E-state index in [1.54, 1.807) is 17.5 Å². The van der Waals surface area contributed by atoms with Crippen LogP contribution in [0.3, 0.4) is 0 Å². The molecule has 0 atom stereocenters. The van der Waals surface area contributed by atoms with E-state index in [0.717, 1.165) is 5.01 Å². The molecule has 3 N–H and O–H groups in total. The summed E-state index contributed by atoms with van der Waals surface area (Å²) in [6.07, 6.45) is 0.658. The quantitative estimate of drug-likeness (QED) is 0.891. The van der Waals surface area contributed by atoms with Gasteiger partial charge < -0.3 is 11.1 Å². The lowest BCUT2D eigenvalue weighted by Crippen LogP contribution is -2.41. The number of nitrogens with zero attached hydrogens (tertiary/aromatic N) is 1. The van der Waals surface area contributed by atoms with Gasteiger partial charge in [0.15, 0.2) is 0 Å². The zero-order chi connectivity index (χ0) is 15.5. The smallest absolute Gasteiger partial charge is 0.271 e. The van der Waals surface area contributed by atoms with Crippen molar-refractivity contribution < 1.29 is 9.18 Å². The van der Waals surface area contributed by atoms with Gasteiger partial charge in [-0.15, -0.1) is 11.3 Å². The summed E-state index contributed by atoms with van der Waals surface area (Å²) in [5, 5.41) is 5.43. The maximum atomic E-state index is 13.3. The summed E-state index contributed by atoms with van der Waals surface area (Å²) in [7, 11) is 0. The molecule has 4 nitrogen and oxygen atoms in total. The average molecular weight is 307 g/mol. The summed E-state index contributed by atoms with van der Waals surface area (Å²) in [5.74, 6) is -0.600. The van der Waals surface area contributed by atoms with Crippen molar-refractivity contribution in [2.75, 3.05) is 6.54 Å². The largest absolute Gasteiger partial charge is 0.342 e. The number of benzene rings is 1. The predicted octanol–water partition coefficient (Wildman–Crippen LogP) is 2.45. The van der Waals surface area contributed by atoms with Crippen molar-refractivity contribution in [1.29, 1.82) is 0 Å². The number of hydrogen-bond donors (Lipinski definition) is 2. The molecule has 0 aliphatic carbocycles. The lowest BCUT2D eigenvalue weighted by molar-refractivity contribution is 0.0907. The van der Waals surface area contributed by atoms with Crippen molar-refractivity contribution in [2.45, 2.75) is 25.8 Å². The Balaban J connectivity index is 2.13. The minimum atomic E-state index is -0.684. The number of thiazole rings is 1. The molecular weight excluding hydrogens is 289 g/mol. The Kier molecular flexibility index (Phi) is 4.69. The van der Waals surface area contributed by atoms with Gasteiger partial charge in [0.1, 0.15) is 11.5 Å². The van der Waals surface area contributed by atoms with E-state index >= 15 is 0 Å². The van der Waals surface area contributed by atoms with Crippen LogP contribution in [-0.2, 0) is 12.0 Å². The van der Waals surface area contributed by atoms with Gasteiger partial charge >= 0.3 is 0 Å². The Morgan fingerprint density at radius 3 is 2.90 bits per heavy atom. The maximum Gasteiger partial charge on any atom is 0.271 e. The number of carbonyl (C=O) groups is 1. The summed E-state index contributed by atoms with van der Waals surface area (Å²) in [6, 6.07) is 6.20. The van der Waals surface area contributed by atoms with E-state index < -0.39 is 5.54 Å². The first-order valence-electron chi connectivity index (χ1n) is 6.65. The van der Waals surface area contributed by atoms with E-state index in [2.05, 4.69) is 10.3 Å². The average Bonchev–Trinajstić information content (AvgIpc) is 2.87. The number of rotatable bonds is 5. The molecular formula is C15H18FN3OS. The SMILES string of the molecule is CC(C)(NC(=O)c1csc(CCN)n1)c1cccc(F)c1. The van der Waals surface area contributed by atoms with Crippen LogP contribution in [0.4, 0.5) is 4.39 Å². The lowest BCUT2D eigenvalue weighted by atomic mass is 9.94. The van der Waals surface area contributed by atoms with Crippen molar-refractivity contribution in [3.8, 4) is 0 Å². The molecule has 1 amide bonds. The van der Waals surface area contributed by atoms with Crippen LogP contribution < -0.4 is 11.1 Å². The molecule has 2 rings (SSSR count). The first-order valence-corrected chi connectivity index (χ1v) is 7.53. The molecule has 1 heterocycles. The van der Waals surface area contributed by atoms with Gasteiger partial charge in [0.2, 0.25) is 0 Å². The fourth-order valence-electron chi connectivity index (χ4n) is 1.95. The number of nitrogens with two attached hydrogens (primary N) is 1. The number of aromatic nitrogens is 1. The van der Waals surface area contributed by atoms with E-state index in [9.17, 15) is 9.18 Å². The highest BCUT2D eigenvalue weighted by Gasteiger charge is 2.25. The molecule has 0 fully saturated rings. The van der Waals surface area contributed by atoms with Crippen LogP contribution in [-0.4, -0.2) is 17.4 Å². The highest BCUT2D eigenvalue weighted by molar-refractivity contribution is 7.09. The summed E-state index contributed by atoms with van der Waals surface area (Å²) in [6.45, 7) is 4.16. The fraction of sp³-hybridized carbons (Fsp3) is 0.333. The molecule has 0 saturated heterocycles. The minimum absolute atomic E-state index is 0.274. The van der Waals surface area contributed by atoms with Gasteiger partial charge in [0.05, 0.1) is 10.5 Å². The van der Waals surface area contributed by atoms with Crippen LogP contribution in [0.5, 0.6) is 0 Å². The number of hydrogen-bond acceptors (Lipinski definition) is 4. The van der Waals surface area contributed by atoms with Crippen LogP contribution in [0.25, 0.3) is 0 Å². The van der Waals surface area contributed by atoms with E-state index in [-0.39, 0.29) is 11.7 Å². The zero-order valence-corrected chi connectivity index (χ0v) is 12.8. The second-order valence-corrected chi connectivity index (χ2v) is 6.20. The van der Waals surface area contributed by atoms with Gasteiger partial charge in [-0.05, 0) is 38.1 Å². The van der Waals surface area contributed by atoms with Gasteiger partial charge in [0.25, 0.3) is 5.91 Å². The van der Waals surface area contributed by atoms with Gasteiger partial charge in [-0.3, -0.25) is 4.79 Å². The zero-order valence-electron chi connectivity index (χ0n) is 12.0. The molecule has 0 bridgehead atoms. The van der Waals surface area contributed by atoms with Crippen molar-refractivity contribution >= 4 is 17.2 Å². The third-order valence-corrected chi connectivity index (χ3v) is 4.02. The molecule has 2 aromatic rings. The van der Waals surface area contributed by atoms with Gasteiger partial charge in [-0.1, -0.05) is 12.1 Å². The minimum Gasteiger partial charge on any atom is -0.342 e. The van der Waals surface area contributed by atoms with E-state index in [4.69, 9.17) is 5.73 Å². The normalized spacial score (nSPS) is 11.4. The summed E-state index contributed by atoms with van der Waals surface area (Å²) < 4.78 is 13.3. The molecule has 6 heteroatoms. The molecule has 21 heavy (non-hydrogen) atoms. The van der Waals surface area contributed by atoms with Crippen LogP contribution >= 0.6 is 11.3 Å². The van der Waals surface area contributed by atoms with Gasteiger partial charge in [0, 0.05) is 11.8 Å². The highest BCUT2D eigenvalue weighted by atomic mass is 32.1.